The van der Waals surface area contributed by atoms with Gasteiger partial charge in [0, 0.05) is 42.0 Å². The minimum absolute atomic E-state index is 0.0982. The van der Waals surface area contributed by atoms with E-state index in [0.29, 0.717) is 30.0 Å². The lowest BCUT2D eigenvalue weighted by atomic mass is 9.86. The molecule has 2 aromatic carbocycles. The van der Waals surface area contributed by atoms with E-state index in [9.17, 15) is 19.5 Å². The molecule has 2 N–H and O–H groups in total. The maximum atomic E-state index is 14.1. The molecule has 0 saturated carbocycles. The van der Waals surface area contributed by atoms with Crippen LogP contribution in [0.3, 0.4) is 0 Å². The molecule has 0 spiro atoms. The van der Waals surface area contributed by atoms with Gasteiger partial charge in [-0.1, -0.05) is 56.3 Å². The van der Waals surface area contributed by atoms with E-state index in [0.717, 1.165) is 5.56 Å². The number of allylic oxidation sites excluding steroid dienone is 3. The smallest absolute Gasteiger partial charge is 0.360 e. The standard InChI is InChI=1S/C28H34N3O7P/c1-19-24(27(32)36-14-13-29-16-21-9-6-5-7-10-21)25(22-11-8-12-23(15-22)31(33)34)26(20(2)30-19)39(35)37-17-28(3,4)18-38-39/h5-12,15,25,29-30H,13-14,16-18H2,1-4H3/t25-/m0/s1. The summed E-state index contributed by atoms with van der Waals surface area (Å²) in [7, 11) is -3.87. The summed E-state index contributed by atoms with van der Waals surface area (Å²) in [6.07, 6.45) is 0. The van der Waals surface area contributed by atoms with E-state index in [1.807, 2.05) is 44.2 Å². The van der Waals surface area contributed by atoms with E-state index >= 15 is 0 Å². The van der Waals surface area contributed by atoms with Crippen molar-refractivity contribution in [1.82, 2.24) is 10.6 Å². The highest BCUT2D eigenvalue weighted by molar-refractivity contribution is 7.58. The molecule has 0 bridgehead atoms. The lowest BCUT2D eigenvalue weighted by Crippen LogP contribution is -2.34. The number of benzene rings is 2. The summed E-state index contributed by atoms with van der Waals surface area (Å²) >= 11 is 0. The third-order valence-electron chi connectivity index (χ3n) is 6.59. The third-order valence-corrected chi connectivity index (χ3v) is 8.71. The molecule has 2 aliphatic rings. The van der Waals surface area contributed by atoms with Crippen LogP contribution in [0, 0.1) is 15.5 Å². The highest BCUT2D eigenvalue weighted by Crippen LogP contribution is 2.66. The number of ether oxygens (including phenoxy) is 1. The van der Waals surface area contributed by atoms with Gasteiger partial charge in [-0.25, -0.2) is 4.79 Å². The number of nitrogens with one attached hydrogen (secondary N) is 2. The number of hydrogen-bond acceptors (Lipinski definition) is 9. The second kappa shape index (κ2) is 11.8. The Morgan fingerprint density at radius 3 is 2.49 bits per heavy atom. The first-order chi connectivity index (χ1) is 18.5. The van der Waals surface area contributed by atoms with Gasteiger partial charge in [-0.05, 0) is 25.0 Å². The molecule has 0 aliphatic carbocycles. The molecule has 0 amide bonds. The van der Waals surface area contributed by atoms with Gasteiger partial charge >= 0.3 is 13.6 Å². The molecule has 1 fully saturated rings. The fourth-order valence-electron chi connectivity index (χ4n) is 4.62. The quantitative estimate of drug-likeness (QED) is 0.138. The molecule has 39 heavy (non-hydrogen) atoms. The number of hydrogen-bond donors (Lipinski definition) is 2. The van der Waals surface area contributed by atoms with E-state index in [1.165, 1.54) is 18.2 Å². The van der Waals surface area contributed by atoms with Gasteiger partial charge in [0.25, 0.3) is 5.69 Å². The zero-order chi connectivity index (χ0) is 28.2. The molecule has 2 heterocycles. The first kappa shape index (κ1) is 28.7. The summed E-state index contributed by atoms with van der Waals surface area (Å²) in [6.45, 7) is 8.85. The van der Waals surface area contributed by atoms with Crippen molar-refractivity contribution in [3.05, 3.63) is 98.1 Å². The van der Waals surface area contributed by atoms with E-state index in [4.69, 9.17) is 13.8 Å². The van der Waals surface area contributed by atoms with E-state index in [2.05, 4.69) is 10.6 Å². The number of nitro groups is 1. The molecular formula is C28H34N3O7P. The van der Waals surface area contributed by atoms with Crippen molar-refractivity contribution in [3.8, 4) is 0 Å². The second-order valence-corrected chi connectivity index (χ2v) is 12.5. The Morgan fingerprint density at radius 1 is 1.13 bits per heavy atom. The number of rotatable bonds is 9. The summed E-state index contributed by atoms with van der Waals surface area (Å²) in [5, 5.41) is 18.2. The number of nitrogens with zero attached hydrogens (tertiary/aromatic N) is 1. The van der Waals surface area contributed by atoms with Crippen molar-refractivity contribution in [2.24, 2.45) is 5.41 Å². The van der Waals surface area contributed by atoms with Crippen molar-refractivity contribution in [2.75, 3.05) is 26.4 Å². The fraction of sp³-hybridized carbons (Fsp3) is 0.393. The number of esters is 1. The normalized spacial score (nSPS) is 20.4. The van der Waals surface area contributed by atoms with Gasteiger partial charge in [0.2, 0.25) is 0 Å². The molecule has 1 atom stereocenters. The Kier molecular flexibility index (Phi) is 8.71. The van der Waals surface area contributed by atoms with Gasteiger partial charge in [0.15, 0.2) is 0 Å². The van der Waals surface area contributed by atoms with Gasteiger partial charge in [-0.15, -0.1) is 0 Å². The van der Waals surface area contributed by atoms with Crippen LogP contribution in [0.2, 0.25) is 0 Å². The molecule has 208 valence electrons. The van der Waals surface area contributed by atoms with Gasteiger partial charge in [0.1, 0.15) is 6.61 Å². The van der Waals surface area contributed by atoms with Gasteiger partial charge in [-0.2, -0.15) is 0 Å². The molecule has 2 aliphatic heterocycles. The first-order valence-electron chi connectivity index (χ1n) is 12.8. The number of carbonyl (C=O) groups excluding carboxylic acids is 1. The topological polar surface area (TPSA) is 129 Å². The Balaban J connectivity index is 1.62. The van der Waals surface area contributed by atoms with Crippen molar-refractivity contribution < 1.29 is 28.1 Å². The summed E-state index contributed by atoms with van der Waals surface area (Å²) in [5.74, 6) is -1.55. The molecule has 0 radical (unpaired) electrons. The average molecular weight is 556 g/mol. The van der Waals surface area contributed by atoms with Crippen LogP contribution in [0.25, 0.3) is 0 Å². The van der Waals surface area contributed by atoms with Crippen molar-refractivity contribution >= 4 is 19.3 Å². The molecule has 2 aromatic rings. The number of non-ortho nitro benzene ring substituents is 1. The molecule has 4 rings (SSSR count). The predicted molar refractivity (Wildman–Crippen MR) is 147 cm³/mol. The largest absolute Gasteiger partial charge is 0.461 e. The number of dihydropyridines is 1. The Hall–Kier alpha value is -3.30. The van der Waals surface area contributed by atoms with Gasteiger partial charge in [0.05, 0.1) is 34.9 Å². The fourth-order valence-corrected chi connectivity index (χ4v) is 7.07. The van der Waals surface area contributed by atoms with Crippen molar-refractivity contribution in [1.29, 1.82) is 0 Å². The summed E-state index contributed by atoms with van der Waals surface area (Å²) in [5.41, 5.74) is 2.24. The van der Waals surface area contributed by atoms with Crippen molar-refractivity contribution in [2.45, 2.75) is 40.2 Å². The van der Waals surface area contributed by atoms with Crippen LogP contribution < -0.4 is 10.6 Å². The van der Waals surface area contributed by atoms with E-state index < -0.39 is 24.4 Å². The van der Waals surface area contributed by atoms with Crippen LogP contribution in [-0.2, 0) is 29.7 Å². The lowest BCUT2D eigenvalue weighted by molar-refractivity contribution is -0.384. The van der Waals surface area contributed by atoms with Crippen LogP contribution in [0.5, 0.6) is 0 Å². The average Bonchev–Trinajstić information content (AvgIpc) is 2.90. The highest BCUT2D eigenvalue weighted by atomic mass is 31.2. The van der Waals surface area contributed by atoms with Crippen molar-refractivity contribution in [3.63, 3.8) is 0 Å². The third kappa shape index (κ3) is 6.65. The first-order valence-corrected chi connectivity index (χ1v) is 14.3. The summed E-state index contributed by atoms with van der Waals surface area (Å²) in [4.78, 5) is 24.6. The molecule has 1 saturated heterocycles. The van der Waals surface area contributed by atoms with Gasteiger partial charge < -0.3 is 24.4 Å². The highest BCUT2D eigenvalue weighted by Gasteiger charge is 2.48. The van der Waals surface area contributed by atoms with Crippen LogP contribution in [0.4, 0.5) is 5.69 Å². The van der Waals surface area contributed by atoms with Crippen LogP contribution in [0.15, 0.2) is 76.9 Å². The van der Waals surface area contributed by atoms with Gasteiger partial charge in [-0.3, -0.25) is 14.7 Å². The zero-order valence-corrected chi connectivity index (χ0v) is 23.5. The Bertz CT molecular complexity index is 1340. The SMILES string of the molecule is CC1=C(C(=O)OCCNCc2ccccc2)[C@H](c2cccc([N+](=O)[O-])c2)C(P2(=O)OCC(C)(C)CO2)=C(C)N1. The Morgan fingerprint density at radius 2 is 1.82 bits per heavy atom. The van der Waals surface area contributed by atoms with Crippen LogP contribution in [0.1, 0.15) is 44.7 Å². The lowest BCUT2D eigenvalue weighted by Gasteiger charge is -2.39. The summed E-state index contributed by atoms with van der Waals surface area (Å²) < 4.78 is 31.5. The second-order valence-electron chi connectivity index (χ2n) is 10.5. The van der Waals surface area contributed by atoms with Crippen LogP contribution >= 0.6 is 7.60 Å². The zero-order valence-electron chi connectivity index (χ0n) is 22.6. The van der Waals surface area contributed by atoms with Crippen LogP contribution in [-0.4, -0.2) is 37.3 Å². The molecular weight excluding hydrogens is 521 g/mol. The number of carbonyl (C=O) groups is 1. The summed E-state index contributed by atoms with van der Waals surface area (Å²) in [6, 6.07) is 15.8. The Labute approximate surface area is 228 Å². The molecule has 11 heteroatoms. The monoisotopic (exact) mass is 555 g/mol. The minimum Gasteiger partial charge on any atom is -0.461 e. The van der Waals surface area contributed by atoms with E-state index in [-0.39, 0.29) is 41.8 Å². The minimum atomic E-state index is -3.87. The maximum absolute atomic E-state index is 14.1. The molecule has 0 unspecified atom stereocenters. The molecule has 10 nitrogen and oxygen atoms in total. The van der Waals surface area contributed by atoms with E-state index in [1.54, 1.807) is 19.9 Å². The maximum Gasteiger partial charge on any atom is 0.360 e. The molecule has 0 aromatic heterocycles. The number of nitro benzene ring substituents is 1. The predicted octanol–water partition coefficient (Wildman–Crippen LogP) is 5.39.